The number of allylic oxidation sites excluding steroid dienone is 1. The normalized spacial score (nSPS) is 9.58. The first-order chi connectivity index (χ1) is 5.65. The molecule has 1 rings (SSSR count). The lowest BCUT2D eigenvalue weighted by Crippen LogP contribution is -1.88. The van der Waals surface area contributed by atoms with E-state index >= 15 is 0 Å². The molecule has 1 nitrogen and oxygen atoms in total. The first-order valence-electron chi connectivity index (χ1n) is 3.64. The SMILES string of the molecule is C=C(C)c1ccc(OC)c(F)c1. The summed E-state index contributed by atoms with van der Waals surface area (Å²) in [6.45, 7) is 5.55. The van der Waals surface area contributed by atoms with Gasteiger partial charge in [-0.15, -0.1) is 0 Å². The lowest BCUT2D eigenvalue weighted by molar-refractivity contribution is 0.386. The standard InChI is InChI=1S/C10H11FO/c1-7(2)8-4-5-10(12-3)9(11)6-8/h4-6H,1H2,2-3H3. The molecule has 0 atom stereocenters. The van der Waals surface area contributed by atoms with Gasteiger partial charge < -0.3 is 4.74 Å². The van der Waals surface area contributed by atoms with Crippen LogP contribution in [0.3, 0.4) is 0 Å². The maximum atomic E-state index is 13.0. The van der Waals surface area contributed by atoms with Gasteiger partial charge in [0.05, 0.1) is 7.11 Å². The summed E-state index contributed by atoms with van der Waals surface area (Å²) in [5, 5.41) is 0. The van der Waals surface area contributed by atoms with Crippen LogP contribution in [0, 0.1) is 5.82 Å². The van der Waals surface area contributed by atoms with Gasteiger partial charge in [0.25, 0.3) is 0 Å². The molecule has 2 heteroatoms. The van der Waals surface area contributed by atoms with E-state index in [1.807, 2.05) is 6.92 Å². The van der Waals surface area contributed by atoms with E-state index < -0.39 is 0 Å². The van der Waals surface area contributed by atoms with Crippen LogP contribution in [0.15, 0.2) is 24.8 Å². The molecule has 0 aromatic heterocycles. The van der Waals surface area contributed by atoms with Gasteiger partial charge >= 0.3 is 0 Å². The van der Waals surface area contributed by atoms with E-state index in [1.165, 1.54) is 13.2 Å². The molecule has 0 spiro atoms. The van der Waals surface area contributed by atoms with Crippen molar-refractivity contribution in [1.82, 2.24) is 0 Å². The van der Waals surface area contributed by atoms with Crippen molar-refractivity contribution in [3.8, 4) is 5.75 Å². The van der Waals surface area contributed by atoms with Crippen molar-refractivity contribution in [3.63, 3.8) is 0 Å². The van der Waals surface area contributed by atoms with E-state index in [0.717, 1.165) is 11.1 Å². The van der Waals surface area contributed by atoms with Crippen molar-refractivity contribution in [2.45, 2.75) is 6.92 Å². The Kier molecular flexibility index (Phi) is 2.48. The summed E-state index contributed by atoms with van der Waals surface area (Å²) in [6.07, 6.45) is 0. The molecule has 0 amide bonds. The summed E-state index contributed by atoms with van der Waals surface area (Å²) in [6, 6.07) is 4.80. The zero-order chi connectivity index (χ0) is 9.14. The molecule has 12 heavy (non-hydrogen) atoms. The van der Waals surface area contributed by atoms with E-state index in [0.29, 0.717) is 0 Å². The van der Waals surface area contributed by atoms with Crippen LogP contribution >= 0.6 is 0 Å². The van der Waals surface area contributed by atoms with E-state index in [4.69, 9.17) is 4.74 Å². The maximum Gasteiger partial charge on any atom is 0.165 e. The number of hydrogen-bond acceptors (Lipinski definition) is 1. The molecule has 1 aromatic carbocycles. The van der Waals surface area contributed by atoms with Gasteiger partial charge in [0.1, 0.15) is 0 Å². The van der Waals surface area contributed by atoms with Gasteiger partial charge in [-0.25, -0.2) is 4.39 Å². The van der Waals surface area contributed by atoms with Gasteiger partial charge in [-0.2, -0.15) is 0 Å². The summed E-state index contributed by atoms with van der Waals surface area (Å²) in [5.74, 6) is -0.0852. The summed E-state index contributed by atoms with van der Waals surface area (Å²) in [7, 11) is 1.44. The van der Waals surface area contributed by atoms with Crippen LogP contribution in [0.2, 0.25) is 0 Å². The Balaban J connectivity index is 3.10. The summed E-state index contributed by atoms with van der Waals surface area (Å²) in [4.78, 5) is 0. The Morgan fingerprint density at radius 2 is 2.17 bits per heavy atom. The zero-order valence-electron chi connectivity index (χ0n) is 7.23. The molecule has 0 aliphatic rings. The van der Waals surface area contributed by atoms with Gasteiger partial charge in [0.2, 0.25) is 0 Å². The highest BCUT2D eigenvalue weighted by Gasteiger charge is 2.02. The highest BCUT2D eigenvalue weighted by molar-refractivity contribution is 5.61. The van der Waals surface area contributed by atoms with E-state index in [1.54, 1.807) is 12.1 Å². The average molecular weight is 166 g/mol. The third-order valence-electron chi connectivity index (χ3n) is 1.64. The van der Waals surface area contributed by atoms with Crippen LogP contribution in [0.5, 0.6) is 5.75 Å². The van der Waals surface area contributed by atoms with E-state index in [-0.39, 0.29) is 11.6 Å². The molecule has 64 valence electrons. The van der Waals surface area contributed by atoms with Crippen LogP contribution in [-0.2, 0) is 0 Å². The fourth-order valence-electron chi connectivity index (χ4n) is 0.932. The third kappa shape index (κ3) is 1.64. The molecule has 0 N–H and O–H groups in total. The molecule has 1 aromatic rings. The fraction of sp³-hybridized carbons (Fsp3) is 0.200. The molecule has 0 fully saturated rings. The van der Waals surface area contributed by atoms with Gasteiger partial charge in [0.15, 0.2) is 11.6 Å². The maximum absolute atomic E-state index is 13.0. The predicted octanol–water partition coefficient (Wildman–Crippen LogP) is 2.87. The molecule has 0 bridgehead atoms. The van der Waals surface area contributed by atoms with Gasteiger partial charge in [-0.3, -0.25) is 0 Å². The average Bonchev–Trinajstić information content (AvgIpc) is 2.04. The second-order valence-corrected chi connectivity index (χ2v) is 2.63. The Bertz CT molecular complexity index is 305. The minimum atomic E-state index is -0.349. The quantitative estimate of drug-likeness (QED) is 0.656. The highest BCUT2D eigenvalue weighted by atomic mass is 19.1. The molecule has 0 saturated heterocycles. The van der Waals surface area contributed by atoms with Crippen LogP contribution in [0.4, 0.5) is 4.39 Å². The van der Waals surface area contributed by atoms with E-state index in [2.05, 4.69) is 6.58 Å². The third-order valence-corrected chi connectivity index (χ3v) is 1.64. The Morgan fingerprint density at radius 1 is 1.50 bits per heavy atom. The monoisotopic (exact) mass is 166 g/mol. The minimum absolute atomic E-state index is 0.264. The van der Waals surface area contributed by atoms with Crippen LogP contribution in [0.1, 0.15) is 12.5 Å². The number of ether oxygens (including phenoxy) is 1. The molecule has 0 aliphatic carbocycles. The number of halogens is 1. The van der Waals surface area contributed by atoms with Crippen molar-refractivity contribution in [2.24, 2.45) is 0 Å². The zero-order valence-corrected chi connectivity index (χ0v) is 7.23. The Labute approximate surface area is 71.5 Å². The van der Waals surface area contributed by atoms with Gasteiger partial charge in [-0.05, 0) is 24.6 Å². The molecule has 0 saturated carbocycles. The number of rotatable bonds is 2. The molecule has 0 radical (unpaired) electrons. The Hall–Kier alpha value is -1.31. The minimum Gasteiger partial charge on any atom is -0.494 e. The largest absolute Gasteiger partial charge is 0.494 e. The first-order valence-corrected chi connectivity index (χ1v) is 3.64. The second kappa shape index (κ2) is 3.39. The van der Waals surface area contributed by atoms with E-state index in [9.17, 15) is 4.39 Å². The lowest BCUT2D eigenvalue weighted by atomic mass is 10.1. The summed E-state index contributed by atoms with van der Waals surface area (Å²) < 4.78 is 17.8. The predicted molar refractivity (Wildman–Crippen MR) is 47.7 cm³/mol. The van der Waals surface area contributed by atoms with Crippen LogP contribution < -0.4 is 4.74 Å². The number of methoxy groups -OCH3 is 1. The Morgan fingerprint density at radius 3 is 2.58 bits per heavy atom. The fourth-order valence-corrected chi connectivity index (χ4v) is 0.932. The van der Waals surface area contributed by atoms with Gasteiger partial charge in [0, 0.05) is 0 Å². The summed E-state index contributed by atoms with van der Waals surface area (Å²) in [5.41, 5.74) is 1.64. The molecule has 0 aliphatic heterocycles. The topological polar surface area (TPSA) is 9.23 Å². The van der Waals surface area contributed by atoms with Crippen molar-refractivity contribution >= 4 is 5.57 Å². The second-order valence-electron chi connectivity index (χ2n) is 2.63. The number of benzene rings is 1. The first kappa shape index (κ1) is 8.78. The van der Waals surface area contributed by atoms with Crippen molar-refractivity contribution in [2.75, 3.05) is 7.11 Å². The highest BCUT2D eigenvalue weighted by Crippen LogP contribution is 2.20. The molecule has 0 heterocycles. The van der Waals surface area contributed by atoms with Crippen LogP contribution in [0.25, 0.3) is 5.57 Å². The van der Waals surface area contributed by atoms with Crippen molar-refractivity contribution in [3.05, 3.63) is 36.2 Å². The molecular formula is C10H11FO. The van der Waals surface area contributed by atoms with Crippen LogP contribution in [-0.4, -0.2) is 7.11 Å². The number of hydrogen-bond donors (Lipinski definition) is 0. The van der Waals surface area contributed by atoms with Gasteiger partial charge in [-0.1, -0.05) is 18.2 Å². The summed E-state index contributed by atoms with van der Waals surface area (Å²) >= 11 is 0. The molecular weight excluding hydrogens is 155 g/mol. The molecule has 0 unspecified atom stereocenters. The van der Waals surface area contributed by atoms with Crippen molar-refractivity contribution < 1.29 is 9.13 Å². The van der Waals surface area contributed by atoms with Crippen molar-refractivity contribution in [1.29, 1.82) is 0 Å². The smallest absolute Gasteiger partial charge is 0.165 e. The lowest BCUT2D eigenvalue weighted by Gasteiger charge is -2.03.